The maximum atomic E-state index is 12.5. The Bertz CT molecular complexity index is 1040. The van der Waals surface area contributed by atoms with Crippen LogP contribution in [0.1, 0.15) is 32.0 Å². The van der Waals surface area contributed by atoms with Gasteiger partial charge < -0.3 is 5.32 Å². The van der Waals surface area contributed by atoms with Crippen molar-refractivity contribution in [3.05, 3.63) is 89.2 Å². The lowest BCUT2D eigenvalue weighted by Crippen LogP contribution is -2.29. The summed E-state index contributed by atoms with van der Waals surface area (Å²) in [6, 6.07) is 17.6. The number of pyridine rings is 1. The number of fused-ring (bicyclic) bond motifs is 1. The lowest BCUT2D eigenvalue weighted by atomic mass is 10.1. The van der Waals surface area contributed by atoms with Gasteiger partial charge >= 0.3 is 0 Å². The number of carbonyl (C=O) groups excluding carboxylic acids is 3. The molecule has 6 heteroatoms. The molecule has 0 aliphatic carbocycles. The van der Waals surface area contributed by atoms with Crippen molar-refractivity contribution in [3.8, 4) is 0 Å². The number of nitrogens with one attached hydrogen (secondary N) is 1. The lowest BCUT2D eigenvalue weighted by molar-refractivity contribution is -0.115. The molecule has 1 aromatic heterocycles. The van der Waals surface area contributed by atoms with Gasteiger partial charge in [-0.15, -0.1) is 0 Å². The van der Waals surface area contributed by atoms with E-state index in [1.54, 1.807) is 36.4 Å². The van der Waals surface area contributed by atoms with Gasteiger partial charge in [-0.2, -0.15) is 0 Å². The highest BCUT2D eigenvalue weighted by Gasteiger charge is 2.37. The summed E-state index contributed by atoms with van der Waals surface area (Å²) in [6.45, 7) is 2.00. The zero-order chi connectivity index (χ0) is 19.7. The maximum Gasteiger partial charge on any atom is 0.284 e. The largest absolute Gasteiger partial charge is 0.326 e. The van der Waals surface area contributed by atoms with Crippen molar-refractivity contribution in [2.75, 3.05) is 10.2 Å². The summed E-state index contributed by atoms with van der Waals surface area (Å²) in [5.41, 5.74) is 3.55. The van der Waals surface area contributed by atoms with E-state index in [0.29, 0.717) is 16.9 Å². The number of aromatic nitrogens is 1. The fraction of sp³-hybridized carbons (Fsp3) is 0.0909. The SMILES string of the molecule is Cc1ccc(CC(=O)Nc2ccc(N3C(=O)c4cccnc4C3=O)cc2)cc1. The molecular weight excluding hydrogens is 354 g/mol. The van der Waals surface area contributed by atoms with E-state index >= 15 is 0 Å². The van der Waals surface area contributed by atoms with Crippen LogP contribution in [0.5, 0.6) is 0 Å². The Hall–Kier alpha value is -3.80. The molecule has 1 aliphatic rings. The molecule has 1 aliphatic heterocycles. The topological polar surface area (TPSA) is 79.4 Å². The number of hydrogen-bond donors (Lipinski definition) is 1. The predicted molar refractivity (Wildman–Crippen MR) is 105 cm³/mol. The summed E-state index contributed by atoms with van der Waals surface area (Å²) in [4.78, 5) is 42.3. The third kappa shape index (κ3) is 3.27. The van der Waals surface area contributed by atoms with Gasteiger partial charge in [0.2, 0.25) is 5.91 Å². The smallest absolute Gasteiger partial charge is 0.284 e. The third-order valence-corrected chi connectivity index (χ3v) is 4.54. The van der Waals surface area contributed by atoms with E-state index in [0.717, 1.165) is 16.0 Å². The number of rotatable bonds is 4. The third-order valence-electron chi connectivity index (χ3n) is 4.54. The molecule has 6 nitrogen and oxygen atoms in total. The van der Waals surface area contributed by atoms with E-state index in [2.05, 4.69) is 10.3 Å². The number of benzene rings is 2. The van der Waals surface area contributed by atoms with Crippen LogP contribution in [-0.2, 0) is 11.2 Å². The number of imide groups is 1. The summed E-state index contributed by atoms with van der Waals surface area (Å²) in [7, 11) is 0. The number of nitrogens with zero attached hydrogens (tertiary/aromatic N) is 2. The highest BCUT2D eigenvalue weighted by Crippen LogP contribution is 2.27. The molecule has 2 heterocycles. The van der Waals surface area contributed by atoms with Crippen LogP contribution in [0.15, 0.2) is 66.9 Å². The average molecular weight is 371 g/mol. The van der Waals surface area contributed by atoms with Gasteiger partial charge in [-0.25, -0.2) is 4.90 Å². The Kier molecular flexibility index (Phi) is 4.45. The molecule has 28 heavy (non-hydrogen) atoms. The van der Waals surface area contributed by atoms with Crippen molar-refractivity contribution in [1.29, 1.82) is 0 Å². The summed E-state index contributed by atoms with van der Waals surface area (Å²) in [5.74, 6) is -0.984. The zero-order valence-corrected chi connectivity index (χ0v) is 15.2. The normalized spacial score (nSPS) is 12.8. The summed E-state index contributed by atoms with van der Waals surface area (Å²) in [5, 5.41) is 2.82. The zero-order valence-electron chi connectivity index (χ0n) is 15.2. The van der Waals surface area contributed by atoms with Gasteiger partial charge in [0.15, 0.2) is 0 Å². The maximum absolute atomic E-state index is 12.5. The molecule has 0 bridgehead atoms. The Labute approximate surface area is 161 Å². The van der Waals surface area contributed by atoms with E-state index in [1.165, 1.54) is 6.20 Å². The van der Waals surface area contributed by atoms with E-state index in [1.807, 2.05) is 31.2 Å². The predicted octanol–water partition coefficient (Wildman–Crippen LogP) is 3.37. The lowest BCUT2D eigenvalue weighted by Gasteiger charge is -2.14. The van der Waals surface area contributed by atoms with Crippen molar-refractivity contribution in [1.82, 2.24) is 4.98 Å². The van der Waals surface area contributed by atoms with Crippen LogP contribution in [0.2, 0.25) is 0 Å². The second kappa shape index (κ2) is 7.08. The Morgan fingerprint density at radius 3 is 2.36 bits per heavy atom. The van der Waals surface area contributed by atoms with Crippen LogP contribution in [0.25, 0.3) is 0 Å². The highest BCUT2D eigenvalue weighted by atomic mass is 16.2. The molecule has 0 unspecified atom stereocenters. The monoisotopic (exact) mass is 371 g/mol. The Morgan fingerprint density at radius 2 is 1.68 bits per heavy atom. The molecule has 0 saturated carbocycles. The minimum absolute atomic E-state index is 0.137. The van der Waals surface area contributed by atoms with E-state index < -0.39 is 11.8 Å². The van der Waals surface area contributed by atoms with E-state index in [9.17, 15) is 14.4 Å². The minimum Gasteiger partial charge on any atom is -0.326 e. The van der Waals surface area contributed by atoms with Crippen LogP contribution in [0.4, 0.5) is 11.4 Å². The molecule has 0 radical (unpaired) electrons. The number of aryl methyl sites for hydroxylation is 1. The second-order valence-electron chi connectivity index (χ2n) is 6.60. The second-order valence-corrected chi connectivity index (χ2v) is 6.60. The first-order valence-corrected chi connectivity index (χ1v) is 8.82. The molecule has 2 aromatic carbocycles. The van der Waals surface area contributed by atoms with Gasteiger partial charge in [-0.05, 0) is 48.9 Å². The molecule has 3 amide bonds. The molecule has 0 saturated heterocycles. The summed E-state index contributed by atoms with van der Waals surface area (Å²) >= 11 is 0. The Balaban J connectivity index is 1.46. The van der Waals surface area contributed by atoms with Crippen LogP contribution >= 0.6 is 0 Å². The number of anilines is 2. The summed E-state index contributed by atoms with van der Waals surface area (Å²) < 4.78 is 0. The molecule has 0 fully saturated rings. The first-order valence-electron chi connectivity index (χ1n) is 8.82. The van der Waals surface area contributed by atoms with Crippen molar-refractivity contribution in [2.45, 2.75) is 13.3 Å². The van der Waals surface area contributed by atoms with Gasteiger partial charge in [-0.1, -0.05) is 29.8 Å². The first-order chi connectivity index (χ1) is 13.5. The fourth-order valence-electron chi connectivity index (χ4n) is 3.09. The molecule has 138 valence electrons. The van der Waals surface area contributed by atoms with Crippen LogP contribution in [-0.4, -0.2) is 22.7 Å². The number of hydrogen-bond acceptors (Lipinski definition) is 4. The minimum atomic E-state index is -0.447. The van der Waals surface area contributed by atoms with Crippen LogP contribution in [0.3, 0.4) is 0 Å². The van der Waals surface area contributed by atoms with E-state index in [4.69, 9.17) is 0 Å². The first kappa shape index (κ1) is 17.6. The number of carbonyl (C=O) groups is 3. The standard InChI is InChI=1S/C22H17N3O3/c1-14-4-6-15(7-5-14)13-19(26)24-16-8-10-17(11-9-16)25-21(27)18-3-2-12-23-20(18)22(25)28/h2-12H,13H2,1H3,(H,24,26). The van der Waals surface area contributed by atoms with Gasteiger partial charge in [-0.3, -0.25) is 19.4 Å². The van der Waals surface area contributed by atoms with Gasteiger partial charge in [0, 0.05) is 11.9 Å². The fourth-order valence-corrected chi connectivity index (χ4v) is 3.09. The van der Waals surface area contributed by atoms with Gasteiger partial charge in [0.25, 0.3) is 11.8 Å². The molecule has 4 rings (SSSR count). The van der Waals surface area contributed by atoms with Gasteiger partial charge in [0.1, 0.15) is 5.69 Å². The highest BCUT2D eigenvalue weighted by molar-refractivity contribution is 6.33. The van der Waals surface area contributed by atoms with Crippen molar-refractivity contribution in [2.24, 2.45) is 0 Å². The van der Waals surface area contributed by atoms with Crippen LogP contribution < -0.4 is 10.2 Å². The average Bonchev–Trinajstić information content (AvgIpc) is 2.95. The number of amides is 3. The van der Waals surface area contributed by atoms with E-state index in [-0.39, 0.29) is 18.0 Å². The van der Waals surface area contributed by atoms with Crippen LogP contribution in [0, 0.1) is 6.92 Å². The quantitative estimate of drug-likeness (QED) is 0.713. The molecule has 0 atom stereocenters. The molecule has 3 aromatic rings. The van der Waals surface area contributed by atoms with Crippen molar-refractivity contribution >= 4 is 29.1 Å². The van der Waals surface area contributed by atoms with Crippen molar-refractivity contribution in [3.63, 3.8) is 0 Å². The van der Waals surface area contributed by atoms with Gasteiger partial charge in [0.05, 0.1) is 17.7 Å². The summed E-state index contributed by atoms with van der Waals surface area (Å²) in [6.07, 6.45) is 1.76. The molecule has 1 N–H and O–H groups in total. The Morgan fingerprint density at radius 1 is 0.964 bits per heavy atom. The van der Waals surface area contributed by atoms with Crippen molar-refractivity contribution < 1.29 is 14.4 Å². The molecular formula is C22H17N3O3. The molecule has 0 spiro atoms.